The van der Waals surface area contributed by atoms with E-state index in [4.69, 9.17) is 4.74 Å². The summed E-state index contributed by atoms with van der Waals surface area (Å²) in [6.45, 7) is 0.365. The van der Waals surface area contributed by atoms with Crippen molar-refractivity contribution in [2.75, 3.05) is 31.7 Å². The van der Waals surface area contributed by atoms with E-state index < -0.39 is 12.1 Å². The Morgan fingerprint density at radius 1 is 1.06 bits per heavy atom. The summed E-state index contributed by atoms with van der Waals surface area (Å²) in [5, 5.41) is 12.1. The number of carboxylic acids is 1. The number of nitrogens with one attached hydrogen (secondary N) is 1. The third-order valence-corrected chi connectivity index (χ3v) is 7.48. The van der Waals surface area contributed by atoms with E-state index in [0.717, 1.165) is 24.0 Å². The fourth-order valence-electron chi connectivity index (χ4n) is 5.24. The molecule has 2 atom stereocenters. The SMILES string of the molecule is CSCCN(CC(=O)O)C(=O)[C@H]1CCC[C@@H](NC(=O)OCC2c3ccccc3-c3ccccc32)C1. The van der Waals surface area contributed by atoms with E-state index in [0.29, 0.717) is 25.1 Å². The molecule has 0 aliphatic heterocycles. The minimum Gasteiger partial charge on any atom is -0.480 e. The predicted molar refractivity (Wildman–Crippen MR) is 137 cm³/mol. The molecule has 2 aliphatic rings. The fraction of sp³-hybridized carbons (Fsp3) is 0.444. The number of benzene rings is 2. The summed E-state index contributed by atoms with van der Waals surface area (Å²) in [4.78, 5) is 38.4. The molecule has 4 rings (SSSR count). The summed E-state index contributed by atoms with van der Waals surface area (Å²) < 4.78 is 5.67. The molecule has 0 unspecified atom stereocenters. The van der Waals surface area contributed by atoms with Crippen LogP contribution in [0.25, 0.3) is 11.1 Å². The van der Waals surface area contributed by atoms with Crippen molar-refractivity contribution in [3.8, 4) is 11.1 Å². The van der Waals surface area contributed by atoms with E-state index in [1.54, 1.807) is 11.8 Å². The Morgan fingerprint density at radius 2 is 1.71 bits per heavy atom. The number of nitrogens with zero attached hydrogens (tertiary/aromatic N) is 1. The van der Waals surface area contributed by atoms with Crippen LogP contribution in [0.5, 0.6) is 0 Å². The zero-order valence-electron chi connectivity index (χ0n) is 19.9. The predicted octanol–water partition coefficient (Wildman–Crippen LogP) is 4.36. The van der Waals surface area contributed by atoms with Gasteiger partial charge >= 0.3 is 12.1 Å². The normalized spacial score (nSPS) is 18.9. The lowest BCUT2D eigenvalue weighted by atomic mass is 9.85. The highest BCUT2D eigenvalue weighted by Crippen LogP contribution is 2.44. The molecule has 0 spiro atoms. The molecule has 2 N–H and O–H groups in total. The van der Waals surface area contributed by atoms with Gasteiger partial charge < -0.3 is 20.1 Å². The van der Waals surface area contributed by atoms with Crippen LogP contribution >= 0.6 is 11.8 Å². The second kappa shape index (κ2) is 11.6. The number of carbonyl (C=O) groups excluding carboxylic acids is 2. The molecule has 0 saturated heterocycles. The van der Waals surface area contributed by atoms with Gasteiger partial charge in [0.15, 0.2) is 0 Å². The van der Waals surface area contributed by atoms with E-state index in [2.05, 4.69) is 29.6 Å². The van der Waals surface area contributed by atoms with Crippen molar-refractivity contribution >= 4 is 29.7 Å². The summed E-state index contributed by atoms with van der Waals surface area (Å²) in [5.74, 6) is -0.754. The molecule has 2 aromatic carbocycles. The van der Waals surface area contributed by atoms with Crippen molar-refractivity contribution in [1.82, 2.24) is 10.2 Å². The first-order valence-corrected chi connectivity index (χ1v) is 13.5. The van der Waals surface area contributed by atoms with E-state index in [-0.39, 0.29) is 36.9 Å². The zero-order valence-corrected chi connectivity index (χ0v) is 20.8. The first-order chi connectivity index (χ1) is 17.0. The lowest BCUT2D eigenvalue weighted by Gasteiger charge is -2.32. The third kappa shape index (κ3) is 5.99. The molecule has 7 nitrogen and oxygen atoms in total. The number of amides is 2. The number of carboxylic acid groups (broad SMARTS) is 1. The summed E-state index contributed by atoms with van der Waals surface area (Å²) >= 11 is 1.58. The summed E-state index contributed by atoms with van der Waals surface area (Å²) in [6, 6.07) is 16.2. The number of aliphatic carboxylic acids is 1. The lowest BCUT2D eigenvalue weighted by molar-refractivity contribution is -0.146. The largest absolute Gasteiger partial charge is 0.480 e. The van der Waals surface area contributed by atoms with Crippen molar-refractivity contribution in [2.24, 2.45) is 5.92 Å². The van der Waals surface area contributed by atoms with Crippen molar-refractivity contribution < 1.29 is 24.2 Å². The first-order valence-electron chi connectivity index (χ1n) is 12.1. The van der Waals surface area contributed by atoms with Crippen LogP contribution in [-0.4, -0.2) is 65.7 Å². The smallest absolute Gasteiger partial charge is 0.407 e. The number of ether oxygens (including phenoxy) is 1. The van der Waals surface area contributed by atoms with Gasteiger partial charge in [-0.05, 0) is 47.8 Å². The van der Waals surface area contributed by atoms with Gasteiger partial charge in [-0.1, -0.05) is 55.0 Å². The van der Waals surface area contributed by atoms with Crippen molar-refractivity contribution in [1.29, 1.82) is 0 Å². The standard InChI is InChI=1S/C27H32N2O5S/c1-35-14-13-29(16-25(30)31)26(32)18-7-6-8-19(15-18)28-27(33)34-17-24-22-11-4-2-9-20(22)21-10-3-5-12-23(21)24/h2-5,9-12,18-19,24H,6-8,13-17H2,1H3,(H,28,33)(H,30,31)/t18-,19+/m0/s1. The van der Waals surface area contributed by atoms with Gasteiger partial charge in [-0.25, -0.2) is 4.79 Å². The van der Waals surface area contributed by atoms with E-state index in [1.165, 1.54) is 16.0 Å². The lowest BCUT2D eigenvalue weighted by Crippen LogP contribution is -2.46. The maximum Gasteiger partial charge on any atom is 0.407 e. The van der Waals surface area contributed by atoms with Gasteiger partial charge in [-0.3, -0.25) is 9.59 Å². The Hall–Kier alpha value is -3.00. The Balaban J connectivity index is 1.33. The molecular formula is C27H32N2O5S. The summed E-state index contributed by atoms with van der Waals surface area (Å²) in [5.41, 5.74) is 4.68. The van der Waals surface area contributed by atoms with E-state index in [1.807, 2.05) is 30.5 Å². The van der Waals surface area contributed by atoms with Crippen LogP contribution in [0.4, 0.5) is 4.79 Å². The molecule has 186 valence electrons. The first kappa shape index (κ1) is 25.1. The third-order valence-electron chi connectivity index (χ3n) is 6.89. The van der Waals surface area contributed by atoms with Gasteiger partial charge in [-0.15, -0.1) is 0 Å². The Labute approximate surface area is 210 Å². The van der Waals surface area contributed by atoms with E-state index in [9.17, 15) is 19.5 Å². The van der Waals surface area contributed by atoms with E-state index >= 15 is 0 Å². The van der Waals surface area contributed by atoms with Crippen LogP contribution in [0.3, 0.4) is 0 Å². The average Bonchev–Trinajstić information content (AvgIpc) is 3.18. The Morgan fingerprint density at radius 3 is 2.34 bits per heavy atom. The molecule has 0 bridgehead atoms. The molecule has 0 heterocycles. The molecule has 1 saturated carbocycles. The van der Waals surface area contributed by atoms with Gasteiger partial charge in [-0.2, -0.15) is 11.8 Å². The summed E-state index contributed by atoms with van der Waals surface area (Å²) in [6.07, 6.45) is 4.23. The van der Waals surface area contributed by atoms with Crippen LogP contribution < -0.4 is 5.32 Å². The maximum absolute atomic E-state index is 13.0. The Bertz CT molecular complexity index is 1030. The quantitative estimate of drug-likeness (QED) is 0.536. The number of hydrogen-bond acceptors (Lipinski definition) is 5. The minimum atomic E-state index is -1.01. The highest BCUT2D eigenvalue weighted by Gasteiger charge is 2.33. The molecule has 2 aromatic rings. The molecular weight excluding hydrogens is 464 g/mol. The summed E-state index contributed by atoms with van der Waals surface area (Å²) in [7, 11) is 0. The molecule has 35 heavy (non-hydrogen) atoms. The number of thioether (sulfide) groups is 1. The number of fused-ring (bicyclic) bond motifs is 3. The molecule has 0 radical (unpaired) electrons. The highest BCUT2D eigenvalue weighted by molar-refractivity contribution is 7.98. The fourth-order valence-corrected chi connectivity index (χ4v) is 5.65. The zero-order chi connectivity index (χ0) is 24.8. The number of hydrogen-bond donors (Lipinski definition) is 2. The van der Waals surface area contributed by atoms with Gasteiger partial charge in [0.05, 0.1) is 0 Å². The van der Waals surface area contributed by atoms with Crippen LogP contribution in [0.2, 0.25) is 0 Å². The number of carbonyl (C=O) groups is 3. The molecule has 1 fully saturated rings. The molecule has 8 heteroatoms. The van der Waals surface area contributed by atoms with Gasteiger partial charge in [0.1, 0.15) is 13.2 Å². The molecule has 2 aliphatic carbocycles. The Kier molecular flexibility index (Phi) is 8.33. The minimum absolute atomic E-state index is 0.00477. The van der Waals surface area contributed by atoms with Crippen LogP contribution in [0.15, 0.2) is 48.5 Å². The van der Waals surface area contributed by atoms with Gasteiger partial charge in [0.25, 0.3) is 0 Å². The molecule has 0 aromatic heterocycles. The van der Waals surface area contributed by atoms with Crippen molar-refractivity contribution in [3.63, 3.8) is 0 Å². The van der Waals surface area contributed by atoms with Gasteiger partial charge in [0, 0.05) is 30.2 Å². The van der Waals surface area contributed by atoms with Gasteiger partial charge in [0.2, 0.25) is 5.91 Å². The second-order valence-electron chi connectivity index (χ2n) is 9.18. The highest BCUT2D eigenvalue weighted by atomic mass is 32.2. The monoisotopic (exact) mass is 496 g/mol. The topological polar surface area (TPSA) is 95.9 Å². The second-order valence-corrected chi connectivity index (χ2v) is 10.2. The van der Waals surface area contributed by atoms with Crippen LogP contribution in [0, 0.1) is 5.92 Å². The maximum atomic E-state index is 13.0. The number of rotatable bonds is 9. The number of alkyl carbamates (subject to hydrolysis) is 1. The average molecular weight is 497 g/mol. The van der Waals surface area contributed by atoms with Crippen LogP contribution in [0.1, 0.15) is 42.7 Å². The van der Waals surface area contributed by atoms with Crippen LogP contribution in [-0.2, 0) is 14.3 Å². The molecule has 2 amide bonds. The van der Waals surface area contributed by atoms with Crippen molar-refractivity contribution in [2.45, 2.75) is 37.6 Å². The van der Waals surface area contributed by atoms with Crippen molar-refractivity contribution in [3.05, 3.63) is 59.7 Å².